The van der Waals surface area contributed by atoms with Gasteiger partial charge in [-0.2, -0.15) is 0 Å². The fraction of sp³-hybridized carbons (Fsp3) is 0.600. The summed E-state index contributed by atoms with van der Waals surface area (Å²) in [6, 6.07) is 0.620. The van der Waals surface area contributed by atoms with Crippen molar-refractivity contribution >= 4 is 39.0 Å². The molecule has 0 N–H and O–H groups in total. The summed E-state index contributed by atoms with van der Waals surface area (Å²) in [6.45, 7) is 0. The maximum Gasteiger partial charge on any atom is 0.198 e. The minimum atomic E-state index is 0.620. The number of halogens is 1. The topological polar surface area (TPSA) is 56.5 Å². The van der Waals surface area contributed by atoms with Gasteiger partial charge in [0.1, 0.15) is 5.82 Å². The number of hydrogen-bond donors (Lipinski definition) is 0. The number of rotatable bonds is 4. The van der Waals surface area contributed by atoms with Gasteiger partial charge in [0.2, 0.25) is 0 Å². The van der Waals surface area contributed by atoms with Gasteiger partial charge < -0.3 is 4.57 Å². The molecule has 0 spiro atoms. The van der Waals surface area contributed by atoms with Crippen LogP contribution in [0.2, 0.25) is 0 Å². The SMILES string of the molecule is Brc1nnc(Sc2nnc(C3CC3)n2C2CC2)s1. The molecule has 8 heteroatoms. The first kappa shape index (κ1) is 11.4. The third-order valence-electron chi connectivity index (χ3n) is 3.11. The third-order valence-corrected chi connectivity index (χ3v) is 5.47. The summed E-state index contributed by atoms with van der Waals surface area (Å²) in [6.07, 6.45) is 5.04. The molecule has 5 nitrogen and oxygen atoms in total. The number of hydrogen-bond acceptors (Lipinski definition) is 6. The zero-order valence-electron chi connectivity index (χ0n) is 9.41. The molecule has 2 heterocycles. The van der Waals surface area contributed by atoms with Crippen molar-refractivity contribution in [3.05, 3.63) is 9.74 Å². The van der Waals surface area contributed by atoms with Gasteiger partial charge in [-0.3, -0.25) is 0 Å². The lowest BCUT2D eigenvalue weighted by molar-refractivity contribution is 0.627. The van der Waals surface area contributed by atoms with E-state index in [-0.39, 0.29) is 0 Å². The number of aromatic nitrogens is 5. The van der Waals surface area contributed by atoms with E-state index in [1.54, 1.807) is 11.8 Å². The summed E-state index contributed by atoms with van der Waals surface area (Å²) in [4.78, 5) is 0. The van der Waals surface area contributed by atoms with Gasteiger partial charge in [0.15, 0.2) is 13.4 Å². The van der Waals surface area contributed by atoms with Crippen molar-refractivity contribution in [2.45, 2.75) is 47.1 Å². The van der Waals surface area contributed by atoms with Crippen LogP contribution in [0.3, 0.4) is 0 Å². The Labute approximate surface area is 121 Å². The van der Waals surface area contributed by atoms with E-state index >= 15 is 0 Å². The molecule has 0 aromatic carbocycles. The molecule has 2 aromatic heterocycles. The van der Waals surface area contributed by atoms with Crippen molar-refractivity contribution in [2.24, 2.45) is 0 Å². The van der Waals surface area contributed by atoms with Crippen molar-refractivity contribution < 1.29 is 0 Å². The Kier molecular flexibility index (Phi) is 2.70. The van der Waals surface area contributed by atoms with Gasteiger partial charge in [0.05, 0.1) is 0 Å². The molecular weight excluding hydrogens is 334 g/mol. The molecule has 0 unspecified atom stereocenters. The van der Waals surface area contributed by atoms with Gasteiger partial charge in [-0.25, -0.2) is 0 Å². The second kappa shape index (κ2) is 4.28. The Morgan fingerprint density at radius 1 is 1.11 bits per heavy atom. The highest BCUT2D eigenvalue weighted by Crippen LogP contribution is 2.46. The lowest BCUT2D eigenvalue weighted by Crippen LogP contribution is -2.01. The second-order valence-electron chi connectivity index (χ2n) is 4.64. The van der Waals surface area contributed by atoms with Crippen molar-refractivity contribution in [3.8, 4) is 0 Å². The van der Waals surface area contributed by atoms with E-state index in [2.05, 4.69) is 40.9 Å². The zero-order chi connectivity index (χ0) is 12.1. The monoisotopic (exact) mass is 343 g/mol. The first-order valence-electron chi connectivity index (χ1n) is 5.93. The molecule has 2 aliphatic rings. The predicted molar refractivity (Wildman–Crippen MR) is 72.0 cm³/mol. The molecule has 0 atom stereocenters. The smallest absolute Gasteiger partial charge is 0.198 e. The summed E-state index contributed by atoms with van der Waals surface area (Å²) in [5.74, 6) is 1.83. The largest absolute Gasteiger partial charge is 0.302 e. The van der Waals surface area contributed by atoms with Crippen LogP contribution < -0.4 is 0 Å². The first-order valence-corrected chi connectivity index (χ1v) is 8.35. The Morgan fingerprint density at radius 3 is 2.56 bits per heavy atom. The summed E-state index contributed by atoms with van der Waals surface area (Å²) in [7, 11) is 0. The molecule has 2 aromatic rings. The summed E-state index contributed by atoms with van der Waals surface area (Å²) >= 11 is 6.44. The molecule has 18 heavy (non-hydrogen) atoms. The molecule has 2 fully saturated rings. The third kappa shape index (κ3) is 2.10. The molecular formula is C10H10BrN5S2. The highest BCUT2D eigenvalue weighted by atomic mass is 79.9. The van der Waals surface area contributed by atoms with Gasteiger partial charge in [0.25, 0.3) is 0 Å². The molecule has 2 aliphatic carbocycles. The normalized spacial score (nSPS) is 19.4. The maximum atomic E-state index is 4.38. The average Bonchev–Trinajstić information content (AvgIpc) is 3.27. The molecule has 0 radical (unpaired) electrons. The fourth-order valence-electron chi connectivity index (χ4n) is 1.97. The molecule has 0 saturated heterocycles. The van der Waals surface area contributed by atoms with Crippen molar-refractivity contribution in [1.29, 1.82) is 0 Å². The van der Waals surface area contributed by atoms with E-state index in [9.17, 15) is 0 Å². The lowest BCUT2D eigenvalue weighted by Gasteiger charge is -2.06. The lowest BCUT2D eigenvalue weighted by atomic mass is 10.4. The minimum absolute atomic E-state index is 0.620. The van der Waals surface area contributed by atoms with Crippen molar-refractivity contribution in [2.75, 3.05) is 0 Å². The first-order chi connectivity index (χ1) is 8.81. The van der Waals surface area contributed by atoms with Crippen LogP contribution in [0.4, 0.5) is 0 Å². The van der Waals surface area contributed by atoms with Crippen LogP contribution >= 0.6 is 39.0 Å². The Hall–Kier alpha value is -0.470. The molecule has 0 aliphatic heterocycles. The fourth-order valence-corrected chi connectivity index (χ4v) is 4.42. The molecule has 0 amide bonds. The van der Waals surface area contributed by atoms with E-state index < -0.39 is 0 Å². The van der Waals surface area contributed by atoms with E-state index in [4.69, 9.17) is 0 Å². The summed E-state index contributed by atoms with van der Waals surface area (Å²) < 4.78 is 4.06. The van der Waals surface area contributed by atoms with Crippen LogP contribution in [0.15, 0.2) is 13.4 Å². The predicted octanol–water partition coefficient (Wildman–Crippen LogP) is 3.26. The van der Waals surface area contributed by atoms with E-state index in [1.807, 2.05) is 0 Å². The van der Waals surface area contributed by atoms with Crippen LogP contribution in [-0.2, 0) is 0 Å². The average molecular weight is 344 g/mol. The Bertz CT molecular complexity index is 587. The second-order valence-corrected chi connectivity index (χ2v) is 8.11. The van der Waals surface area contributed by atoms with E-state index in [0.717, 1.165) is 13.4 Å². The highest BCUT2D eigenvalue weighted by Gasteiger charge is 2.36. The van der Waals surface area contributed by atoms with E-state index in [1.165, 1.54) is 42.8 Å². The maximum absolute atomic E-state index is 4.38. The number of nitrogens with zero attached hydrogens (tertiary/aromatic N) is 5. The van der Waals surface area contributed by atoms with Gasteiger partial charge >= 0.3 is 0 Å². The zero-order valence-corrected chi connectivity index (χ0v) is 12.6. The summed E-state index contributed by atoms with van der Waals surface area (Å²) in [5.41, 5.74) is 0. The van der Waals surface area contributed by atoms with Gasteiger partial charge in [-0.05, 0) is 53.4 Å². The molecule has 0 bridgehead atoms. The van der Waals surface area contributed by atoms with Crippen molar-refractivity contribution in [3.63, 3.8) is 0 Å². The van der Waals surface area contributed by atoms with Gasteiger partial charge in [-0.1, -0.05) is 11.3 Å². The molecule has 4 rings (SSSR count). The van der Waals surface area contributed by atoms with Gasteiger partial charge in [-0.15, -0.1) is 20.4 Å². The van der Waals surface area contributed by atoms with Crippen LogP contribution in [0.5, 0.6) is 0 Å². The summed E-state index contributed by atoms with van der Waals surface area (Å²) in [5, 5.41) is 17.8. The van der Waals surface area contributed by atoms with Gasteiger partial charge in [0, 0.05) is 12.0 Å². The van der Waals surface area contributed by atoms with Crippen LogP contribution in [0.25, 0.3) is 0 Å². The van der Waals surface area contributed by atoms with E-state index in [0.29, 0.717) is 12.0 Å². The van der Waals surface area contributed by atoms with Crippen LogP contribution in [0.1, 0.15) is 43.5 Å². The molecule has 94 valence electrons. The highest BCUT2D eigenvalue weighted by molar-refractivity contribution is 9.11. The minimum Gasteiger partial charge on any atom is -0.302 e. The van der Waals surface area contributed by atoms with Crippen LogP contribution in [0, 0.1) is 0 Å². The van der Waals surface area contributed by atoms with Crippen molar-refractivity contribution in [1.82, 2.24) is 25.0 Å². The quantitative estimate of drug-likeness (QED) is 0.852. The standard InChI is InChI=1S/C10H10BrN5S2/c11-8-13-15-10(17-8)18-9-14-12-7(5-1-2-5)16(9)6-3-4-6/h5-6H,1-4H2. The molecule has 2 saturated carbocycles. The Balaban J connectivity index is 1.67. The van der Waals surface area contributed by atoms with Crippen LogP contribution in [-0.4, -0.2) is 25.0 Å². The Morgan fingerprint density at radius 2 is 1.94 bits per heavy atom.